The molecule has 162 valence electrons. The first-order valence-electron chi connectivity index (χ1n) is 11.6. The highest BCUT2D eigenvalue weighted by Crippen LogP contribution is 2.18. The second kappa shape index (κ2) is 16.5. The van der Waals surface area contributed by atoms with Gasteiger partial charge in [0.1, 0.15) is 31.9 Å². The van der Waals surface area contributed by atoms with Crippen LogP contribution in [0.3, 0.4) is 0 Å². The summed E-state index contributed by atoms with van der Waals surface area (Å²) in [5, 5.41) is 0. The average molecular weight is 407 g/mol. The lowest BCUT2D eigenvalue weighted by atomic mass is 10.1. The van der Waals surface area contributed by atoms with Crippen molar-refractivity contribution in [2.24, 2.45) is 0 Å². The molecule has 1 aromatic rings. The van der Waals surface area contributed by atoms with Crippen molar-refractivity contribution in [1.29, 1.82) is 0 Å². The van der Waals surface area contributed by atoms with E-state index in [0.29, 0.717) is 24.1 Å². The third kappa shape index (κ3) is 11.0. The van der Waals surface area contributed by atoms with Crippen molar-refractivity contribution in [2.45, 2.75) is 77.7 Å². The molecule has 1 aromatic carbocycles. The van der Waals surface area contributed by atoms with Crippen molar-refractivity contribution in [3.63, 3.8) is 0 Å². The predicted octanol–water partition coefficient (Wildman–Crippen LogP) is 6.20. The Labute approximate surface area is 186 Å². The molecule has 0 heterocycles. The highest BCUT2D eigenvalue weighted by atomic mass is 16.5. The maximum absolute atomic E-state index is 5.90. The van der Waals surface area contributed by atoms with Gasteiger partial charge in [0.15, 0.2) is 0 Å². The van der Waals surface area contributed by atoms with Crippen LogP contribution in [0.15, 0.2) is 24.3 Å². The summed E-state index contributed by atoms with van der Waals surface area (Å²) in [5.41, 5.74) is 1.17. The summed E-state index contributed by atoms with van der Waals surface area (Å²) in [4.78, 5) is 0. The fraction of sp³-hybridized carbons (Fsp3) is 0.571. The number of terminal acetylenes is 3. The summed E-state index contributed by atoms with van der Waals surface area (Å²) in [6.07, 6.45) is 30.0. The molecule has 2 nitrogen and oxygen atoms in total. The molecule has 0 saturated heterocycles. The smallest absolute Gasteiger partial charge is 0.142 e. The van der Waals surface area contributed by atoms with Crippen molar-refractivity contribution in [2.75, 3.05) is 26.2 Å². The lowest BCUT2D eigenvalue weighted by molar-refractivity contribution is -0.921. The van der Waals surface area contributed by atoms with Crippen molar-refractivity contribution < 1.29 is 9.22 Å². The van der Waals surface area contributed by atoms with Crippen LogP contribution in [-0.2, 0) is 6.54 Å². The third-order valence-electron chi connectivity index (χ3n) is 5.49. The van der Waals surface area contributed by atoms with E-state index in [4.69, 9.17) is 24.0 Å². The van der Waals surface area contributed by atoms with Gasteiger partial charge in [0.05, 0.1) is 6.61 Å². The molecule has 0 aliphatic carbocycles. The first-order valence-corrected chi connectivity index (χ1v) is 11.6. The van der Waals surface area contributed by atoms with Gasteiger partial charge in [-0.2, -0.15) is 0 Å². The van der Waals surface area contributed by atoms with Crippen LogP contribution in [0.1, 0.15) is 76.7 Å². The van der Waals surface area contributed by atoms with Gasteiger partial charge in [-0.1, -0.05) is 64.7 Å². The van der Waals surface area contributed by atoms with Crippen LogP contribution in [0, 0.1) is 37.0 Å². The molecule has 0 unspecified atom stereocenters. The Morgan fingerprint density at radius 3 is 1.63 bits per heavy atom. The molecule has 1 rings (SSSR count). The number of ether oxygens (including phenoxy) is 1. The molecule has 0 atom stereocenters. The molecule has 30 heavy (non-hydrogen) atoms. The summed E-state index contributed by atoms with van der Waals surface area (Å²) in [5.74, 6) is 9.11. The topological polar surface area (TPSA) is 9.23 Å². The van der Waals surface area contributed by atoms with E-state index >= 15 is 0 Å². The zero-order valence-corrected chi connectivity index (χ0v) is 19.0. The zero-order chi connectivity index (χ0) is 21.9. The molecular formula is C28H40NO+. The Bertz CT molecular complexity index is 643. The van der Waals surface area contributed by atoms with E-state index < -0.39 is 0 Å². The van der Waals surface area contributed by atoms with Crippen molar-refractivity contribution in [1.82, 2.24) is 0 Å². The first kappa shape index (κ1) is 25.7. The number of nitrogens with zero attached hydrogens (tertiary/aromatic N) is 1. The van der Waals surface area contributed by atoms with Gasteiger partial charge >= 0.3 is 0 Å². The number of benzene rings is 1. The van der Waals surface area contributed by atoms with Gasteiger partial charge < -0.3 is 4.74 Å². The van der Waals surface area contributed by atoms with E-state index in [9.17, 15) is 0 Å². The van der Waals surface area contributed by atoms with Gasteiger partial charge in [-0.3, -0.25) is 4.48 Å². The van der Waals surface area contributed by atoms with Gasteiger partial charge in [0, 0.05) is 5.56 Å². The number of quaternary nitrogens is 1. The number of unbranched alkanes of at least 4 members (excludes halogenated alkanes) is 9. The molecule has 0 amide bonds. The van der Waals surface area contributed by atoms with E-state index in [0.717, 1.165) is 25.3 Å². The van der Waals surface area contributed by atoms with Gasteiger partial charge in [0.25, 0.3) is 0 Å². The van der Waals surface area contributed by atoms with Crippen molar-refractivity contribution in [3.05, 3.63) is 29.8 Å². The molecule has 0 bridgehead atoms. The number of hydrogen-bond donors (Lipinski definition) is 0. The minimum Gasteiger partial charge on any atom is -0.494 e. The molecule has 0 aromatic heterocycles. The second-order valence-corrected chi connectivity index (χ2v) is 8.26. The summed E-state index contributed by atoms with van der Waals surface area (Å²) >= 11 is 0. The molecule has 2 heteroatoms. The number of rotatable bonds is 17. The quantitative estimate of drug-likeness (QED) is 0.170. The fourth-order valence-corrected chi connectivity index (χ4v) is 3.77. The number of hydrogen-bond acceptors (Lipinski definition) is 1. The average Bonchev–Trinajstić information content (AvgIpc) is 2.74. The van der Waals surface area contributed by atoms with Crippen LogP contribution < -0.4 is 4.74 Å². The van der Waals surface area contributed by atoms with Crippen LogP contribution in [0.4, 0.5) is 0 Å². The van der Waals surface area contributed by atoms with Crippen LogP contribution in [0.2, 0.25) is 0 Å². The SMILES string of the molecule is C#CC[N+](CC#C)(CC#C)Cc1ccc(OCCCCCCCCCCCC)cc1. The van der Waals surface area contributed by atoms with E-state index in [1.54, 1.807) is 0 Å². The molecule has 0 spiro atoms. The fourth-order valence-electron chi connectivity index (χ4n) is 3.77. The highest BCUT2D eigenvalue weighted by Gasteiger charge is 2.25. The van der Waals surface area contributed by atoms with Crippen molar-refractivity contribution >= 4 is 0 Å². The minimum absolute atomic E-state index is 0.530. The molecule has 0 N–H and O–H groups in total. The lowest BCUT2D eigenvalue weighted by Crippen LogP contribution is -2.48. The van der Waals surface area contributed by atoms with Crippen LogP contribution >= 0.6 is 0 Å². The summed E-state index contributed by atoms with van der Waals surface area (Å²) in [6, 6.07) is 8.23. The molecule has 0 aliphatic heterocycles. The first-order chi connectivity index (χ1) is 14.7. The van der Waals surface area contributed by atoms with Crippen LogP contribution in [0.25, 0.3) is 0 Å². The van der Waals surface area contributed by atoms with Gasteiger partial charge in [0.2, 0.25) is 0 Å². The van der Waals surface area contributed by atoms with Gasteiger partial charge in [-0.15, -0.1) is 19.3 Å². The molecule has 0 saturated carbocycles. The molecular weight excluding hydrogens is 366 g/mol. The largest absolute Gasteiger partial charge is 0.494 e. The Balaban J connectivity index is 2.29. The minimum atomic E-state index is 0.530. The van der Waals surface area contributed by atoms with Crippen LogP contribution in [0.5, 0.6) is 5.75 Å². The maximum Gasteiger partial charge on any atom is 0.142 e. The zero-order valence-electron chi connectivity index (χ0n) is 19.0. The van der Waals surface area contributed by atoms with E-state index in [2.05, 4.69) is 36.8 Å². The van der Waals surface area contributed by atoms with Gasteiger partial charge in [-0.25, -0.2) is 0 Å². The maximum atomic E-state index is 5.90. The van der Waals surface area contributed by atoms with E-state index in [-0.39, 0.29) is 0 Å². The second-order valence-electron chi connectivity index (χ2n) is 8.26. The molecule has 0 radical (unpaired) electrons. The molecule has 0 aliphatic rings. The summed E-state index contributed by atoms with van der Waals surface area (Å²) in [6.45, 7) is 5.38. The van der Waals surface area contributed by atoms with E-state index in [1.165, 1.54) is 63.4 Å². The lowest BCUT2D eigenvalue weighted by Gasteiger charge is -2.33. The Kier molecular flexibility index (Phi) is 14.1. The Hall–Kier alpha value is -2.34. The molecule has 0 fully saturated rings. The Morgan fingerprint density at radius 2 is 1.17 bits per heavy atom. The normalized spacial score (nSPS) is 10.7. The predicted molar refractivity (Wildman–Crippen MR) is 129 cm³/mol. The monoisotopic (exact) mass is 406 g/mol. The highest BCUT2D eigenvalue weighted by molar-refractivity contribution is 5.27. The standard InChI is InChI=1S/C28H40NO/c1-5-9-10-11-12-13-14-15-16-17-25-30-28-20-18-27(19-21-28)26-29(22-6-2,23-7-3)24-8-4/h2-4,18-21H,5,9-17,22-26H2,1H3/q+1. The summed E-state index contributed by atoms with van der Waals surface area (Å²) < 4.78 is 6.43. The van der Waals surface area contributed by atoms with Crippen LogP contribution in [-0.4, -0.2) is 30.7 Å². The summed E-state index contributed by atoms with van der Waals surface area (Å²) in [7, 11) is 0. The van der Waals surface area contributed by atoms with Gasteiger partial charge in [-0.05, 0) is 48.4 Å². The Morgan fingerprint density at radius 1 is 0.700 bits per heavy atom. The van der Waals surface area contributed by atoms with Crippen molar-refractivity contribution in [3.8, 4) is 42.8 Å². The third-order valence-corrected chi connectivity index (χ3v) is 5.49. The van der Waals surface area contributed by atoms with E-state index in [1.807, 2.05) is 12.1 Å².